The molecule has 6 nitrogen and oxygen atoms in total. The molecule has 0 aliphatic carbocycles. The van der Waals surface area contributed by atoms with E-state index in [1.54, 1.807) is 42.7 Å². The van der Waals surface area contributed by atoms with Crippen molar-refractivity contribution < 1.29 is 18.7 Å². The van der Waals surface area contributed by atoms with Crippen LogP contribution in [0.15, 0.2) is 59.4 Å². The molecule has 6 heteroatoms. The van der Waals surface area contributed by atoms with Crippen molar-refractivity contribution >= 4 is 17.4 Å². The molecule has 0 fully saturated rings. The molecule has 0 aliphatic heterocycles. The fourth-order valence-corrected chi connectivity index (χ4v) is 2.74. The number of carbonyl (C=O) groups excluding carboxylic acids is 2. The summed E-state index contributed by atoms with van der Waals surface area (Å²) in [6.07, 6.45) is 3.07. The first kappa shape index (κ1) is 18.9. The topological polar surface area (TPSA) is 92.3 Å². The SMILES string of the molecule is CCOc1ccc(C(C)=O)cc1NC(=O)c1cc(C#N)cc(-c2ccoc2)c1. The first-order chi connectivity index (χ1) is 13.5. The third-order valence-electron chi connectivity index (χ3n) is 4.11. The molecule has 0 saturated carbocycles. The van der Waals surface area contributed by atoms with Crippen molar-refractivity contribution in [2.45, 2.75) is 13.8 Å². The van der Waals surface area contributed by atoms with E-state index < -0.39 is 5.91 Å². The minimum atomic E-state index is -0.413. The summed E-state index contributed by atoms with van der Waals surface area (Å²) >= 11 is 0. The van der Waals surface area contributed by atoms with E-state index in [1.807, 2.05) is 6.92 Å². The van der Waals surface area contributed by atoms with Crippen molar-refractivity contribution in [1.82, 2.24) is 0 Å². The number of amides is 1. The second kappa shape index (κ2) is 8.23. The Bertz CT molecular complexity index is 1060. The van der Waals surface area contributed by atoms with E-state index in [0.717, 1.165) is 5.56 Å². The first-order valence-corrected chi connectivity index (χ1v) is 8.68. The van der Waals surface area contributed by atoms with Gasteiger partial charge in [0.1, 0.15) is 5.75 Å². The van der Waals surface area contributed by atoms with E-state index in [-0.39, 0.29) is 5.78 Å². The number of carbonyl (C=O) groups is 2. The Morgan fingerprint density at radius 2 is 1.93 bits per heavy atom. The average molecular weight is 374 g/mol. The molecule has 0 unspecified atom stereocenters. The lowest BCUT2D eigenvalue weighted by Crippen LogP contribution is -2.14. The van der Waals surface area contributed by atoms with Gasteiger partial charge in [-0.1, -0.05) is 0 Å². The highest BCUT2D eigenvalue weighted by molar-refractivity contribution is 6.07. The molecular formula is C22H18N2O4. The molecule has 0 bridgehead atoms. The first-order valence-electron chi connectivity index (χ1n) is 8.68. The highest BCUT2D eigenvalue weighted by Gasteiger charge is 2.15. The van der Waals surface area contributed by atoms with Gasteiger partial charge in [-0.3, -0.25) is 9.59 Å². The zero-order valence-corrected chi connectivity index (χ0v) is 15.5. The van der Waals surface area contributed by atoms with Crippen molar-refractivity contribution in [3.05, 3.63) is 71.7 Å². The summed E-state index contributed by atoms with van der Waals surface area (Å²) in [6, 6.07) is 13.6. The van der Waals surface area contributed by atoms with Crippen LogP contribution in [0.25, 0.3) is 11.1 Å². The number of ketones is 1. The summed E-state index contributed by atoms with van der Waals surface area (Å²) in [5.74, 6) is -0.0666. The quantitative estimate of drug-likeness (QED) is 0.633. The minimum Gasteiger partial charge on any atom is -0.492 e. The summed E-state index contributed by atoms with van der Waals surface area (Å²) in [7, 11) is 0. The van der Waals surface area contributed by atoms with Gasteiger partial charge in [-0.05, 0) is 61.9 Å². The Balaban J connectivity index is 1.97. The predicted octanol–water partition coefficient (Wildman–Crippen LogP) is 4.67. The number of ether oxygens (including phenoxy) is 1. The Hall–Kier alpha value is -3.85. The Morgan fingerprint density at radius 1 is 1.11 bits per heavy atom. The molecule has 0 radical (unpaired) electrons. The molecule has 3 aromatic rings. The van der Waals surface area contributed by atoms with Crippen LogP contribution in [0.1, 0.15) is 40.1 Å². The fourth-order valence-electron chi connectivity index (χ4n) is 2.74. The van der Waals surface area contributed by atoms with E-state index in [2.05, 4.69) is 11.4 Å². The molecule has 0 saturated heterocycles. The number of anilines is 1. The van der Waals surface area contributed by atoms with Crippen LogP contribution in [0.4, 0.5) is 5.69 Å². The van der Waals surface area contributed by atoms with Crippen molar-refractivity contribution in [2.24, 2.45) is 0 Å². The number of hydrogen-bond donors (Lipinski definition) is 1. The van der Waals surface area contributed by atoms with Crippen LogP contribution in [0.3, 0.4) is 0 Å². The lowest BCUT2D eigenvalue weighted by molar-refractivity contribution is 0.101. The lowest BCUT2D eigenvalue weighted by Gasteiger charge is -2.13. The Kier molecular flexibility index (Phi) is 5.56. The second-order valence-electron chi connectivity index (χ2n) is 6.08. The maximum Gasteiger partial charge on any atom is 0.255 e. The monoisotopic (exact) mass is 374 g/mol. The van der Waals surface area contributed by atoms with Gasteiger partial charge >= 0.3 is 0 Å². The number of nitriles is 1. The summed E-state index contributed by atoms with van der Waals surface area (Å²) in [6.45, 7) is 3.70. The highest BCUT2D eigenvalue weighted by atomic mass is 16.5. The van der Waals surface area contributed by atoms with E-state index in [0.29, 0.717) is 40.3 Å². The summed E-state index contributed by atoms with van der Waals surface area (Å²) in [4.78, 5) is 24.5. The van der Waals surface area contributed by atoms with Gasteiger partial charge in [-0.2, -0.15) is 5.26 Å². The molecule has 140 valence electrons. The van der Waals surface area contributed by atoms with E-state index in [9.17, 15) is 14.9 Å². The number of furan rings is 1. The average Bonchev–Trinajstić information content (AvgIpc) is 3.23. The van der Waals surface area contributed by atoms with Crippen LogP contribution in [-0.4, -0.2) is 18.3 Å². The lowest BCUT2D eigenvalue weighted by atomic mass is 10.0. The van der Waals surface area contributed by atoms with Gasteiger partial charge in [0.15, 0.2) is 5.78 Å². The van der Waals surface area contributed by atoms with E-state index >= 15 is 0 Å². The van der Waals surface area contributed by atoms with Crippen LogP contribution in [0.5, 0.6) is 5.75 Å². The van der Waals surface area contributed by atoms with Gasteiger partial charge in [0.25, 0.3) is 5.91 Å². The van der Waals surface area contributed by atoms with Crippen molar-refractivity contribution in [1.29, 1.82) is 5.26 Å². The smallest absolute Gasteiger partial charge is 0.255 e. The number of rotatable bonds is 6. The Morgan fingerprint density at radius 3 is 2.57 bits per heavy atom. The van der Waals surface area contributed by atoms with Gasteiger partial charge in [-0.15, -0.1) is 0 Å². The van der Waals surface area contributed by atoms with Crippen molar-refractivity contribution in [3.63, 3.8) is 0 Å². The third kappa shape index (κ3) is 4.10. The van der Waals surface area contributed by atoms with Gasteiger partial charge in [-0.25, -0.2) is 0 Å². The predicted molar refractivity (Wildman–Crippen MR) is 104 cm³/mol. The van der Waals surface area contributed by atoms with Gasteiger partial charge in [0.05, 0.1) is 36.5 Å². The normalized spacial score (nSPS) is 10.2. The third-order valence-corrected chi connectivity index (χ3v) is 4.11. The molecule has 1 heterocycles. The zero-order valence-electron chi connectivity index (χ0n) is 15.5. The molecule has 0 spiro atoms. The number of nitrogens with zero attached hydrogens (tertiary/aromatic N) is 1. The molecule has 0 aliphatic rings. The number of nitrogens with one attached hydrogen (secondary N) is 1. The largest absolute Gasteiger partial charge is 0.492 e. The van der Waals surface area contributed by atoms with Gasteiger partial charge in [0.2, 0.25) is 0 Å². The molecule has 1 amide bonds. The van der Waals surface area contributed by atoms with E-state index in [4.69, 9.17) is 9.15 Å². The molecule has 3 rings (SSSR count). The van der Waals surface area contributed by atoms with E-state index in [1.165, 1.54) is 19.3 Å². The van der Waals surface area contributed by atoms with Crippen LogP contribution in [-0.2, 0) is 0 Å². The van der Waals surface area contributed by atoms with Gasteiger partial charge in [0, 0.05) is 16.7 Å². The van der Waals surface area contributed by atoms with Crippen molar-refractivity contribution in [3.8, 4) is 22.9 Å². The summed E-state index contributed by atoms with van der Waals surface area (Å²) in [5.41, 5.74) is 2.98. The van der Waals surface area contributed by atoms with Crippen LogP contribution in [0.2, 0.25) is 0 Å². The molecule has 1 aromatic heterocycles. The summed E-state index contributed by atoms with van der Waals surface area (Å²) < 4.78 is 10.6. The van der Waals surface area contributed by atoms with Crippen molar-refractivity contribution in [2.75, 3.05) is 11.9 Å². The molecule has 1 N–H and O–H groups in total. The standard InChI is InChI=1S/C22H18N2O4/c1-3-28-21-5-4-16(14(2)25)11-20(21)24-22(26)19-9-15(12-23)8-18(10-19)17-6-7-27-13-17/h4-11,13H,3H2,1-2H3,(H,24,26). The molecule has 0 atom stereocenters. The molecule has 2 aromatic carbocycles. The molecular weight excluding hydrogens is 356 g/mol. The Labute approximate surface area is 162 Å². The van der Waals surface area contributed by atoms with Crippen LogP contribution in [0, 0.1) is 11.3 Å². The molecule has 28 heavy (non-hydrogen) atoms. The second-order valence-corrected chi connectivity index (χ2v) is 6.08. The number of hydrogen-bond acceptors (Lipinski definition) is 5. The minimum absolute atomic E-state index is 0.118. The maximum atomic E-state index is 12.9. The van der Waals surface area contributed by atoms with Gasteiger partial charge < -0.3 is 14.5 Å². The fraction of sp³-hybridized carbons (Fsp3) is 0.136. The van der Waals surface area contributed by atoms with Crippen LogP contribution >= 0.6 is 0 Å². The summed E-state index contributed by atoms with van der Waals surface area (Å²) in [5, 5.41) is 12.1. The highest BCUT2D eigenvalue weighted by Crippen LogP contribution is 2.28. The number of Topliss-reactive ketones (excluding diaryl/α,β-unsaturated/α-hetero) is 1. The van der Waals surface area contributed by atoms with Crippen LogP contribution < -0.4 is 10.1 Å². The number of benzene rings is 2. The zero-order chi connectivity index (χ0) is 20.1. The maximum absolute atomic E-state index is 12.9.